The number of carboxylic acids is 1. The third-order valence-electron chi connectivity index (χ3n) is 3.26. The second-order valence-corrected chi connectivity index (χ2v) is 7.46. The number of benzene rings is 1. The van der Waals surface area contributed by atoms with Gasteiger partial charge in [-0.15, -0.1) is 0 Å². The Morgan fingerprint density at radius 3 is 1.97 bits per heavy atom. The molecule has 1 amide bonds. The fourth-order valence-corrected chi connectivity index (χ4v) is 3.56. The third-order valence-corrected chi connectivity index (χ3v) is 4.64. The van der Waals surface area contributed by atoms with Crippen LogP contribution >= 0.6 is 24.0 Å². The summed E-state index contributed by atoms with van der Waals surface area (Å²) in [6, 6.07) is 2.58. The molecule has 1 aromatic rings. The number of hydrogen-bond acceptors (Lipinski definition) is 10. The maximum atomic E-state index is 12.4. The minimum atomic E-state index is -1.23. The van der Waals surface area contributed by atoms with Crippen molar-refractivity contribution in [2.75, 3.05) is 6.54 Å². The fourth-order valence-electron chi connectivity index (χ4n) is 2.31. The van der Waals surface area contributed by atoms with E-state index in [9.17, 15) is 24.0 Å². The van der Waals surface area contributed by atoms with E-state index in [4.69, 9.17) is 31.5 Å². The van der Waals surface area contributed by atoms with E-state index in [1.807, 2.05) is 0 Å². The van der Waals surface area contributed by atoms with Crippen LogP contribution < -0.4 is 14.2 Å². The molecule has 0 atom stereocenters. The largest absolute Gasteiger partial charge is 0.480 e. The molecule has 1 heterocycles. The van der Waals surface area contributed by atoms with Crippen LogP contribution in [0.2, 0.25) is 0 Å². The predicted molar refractivity (Wildman–Crippen MR) is 108 cm³/mol. The quantitative estimate of drug-likeness (QED) is 0.292. The number of hydrogen-bond donors (Lipinski definition) is 1. The van der Waals surface area contributed by atoms with Gasteiger partial charge in [0.05, 0.1) is 4.91 Å². The summed E-state index contributed by atoms with van der Waals surface area (Å²) in [5.41, 5.74) is 0.245. The van der Waals surface area contributed by atoms with Gasteiger partial charge in [-0.1, -0.05) is 24.0 Å². The zero-order valence-corrected chi connectivity index (χ0v) is 17.5. The standard InChI is InChI=1S/C18H15NO9S2/c1-8(20)26-12-4-11(5-13(27-9(2)21)16(12)28-10(3)22)6-14-17(25)19(7-15(23)24)18(29)30-14/h4-6H,7H2,1-3H3,(H,23,24)/b14-6-. The first-order valence-electron chi connectivity index (χ1n) is 8.18. The number of thioether (sulfide) groups is 1. The maximum absolute atomic E-state index is 12.4. The molecule has 10 nitrogen and oxygen atoms in total. The lowest BCUT2D eigenvalue weighted by Crippen LogP contribution is -2.33. The van der Waals surface area contributed by atoms with Crippen molar-refractivity contribution >= 4 is 64.2 Å². The summed E-state index contributed by atoms with van der Waals surface area (Å²) in [5, 5.41) is 8.91. The molecule has 1 aromatic carbocycles. The summed E-state index contributed by atoms with van der Waals surface area (Å²) in [6.07, 6.45) is 1.35. The number of carbonyl (C=O) groups is 5. The van der Waals surface area contributed by atoms with E-state index in [0.717, 1.165) is 37.4 Å². The molecule has 0 aliphatic carbocycles. The van der Waals surface area contributed by atoms with Crippen LogP contribution in [0, 0.1) is 0 Å². The summed E-state index contributed by atoms with van der Waals surface area (Å²) in [7, 11) is 0. The number of carboxylic acid groups (broad SMARTS) is 1. The van der Waals surface area contributed by atoms with Crippen LogP contribution in [-0.4, -0.2) is 50.7 Å². The van der Waals surface area contributed by atoms with E-state index in [0.29, 0.717) is 0 Å². The second-order valence-electron chi connectivity index (χ2n) is 5.79. The molecule has 1 fully saturated rings. The molecular weight excluding hydrogens is 438 g/mol. The molecule has 0 radical (unpaired) electrons. The number of aliphatic carboxylic acids is 1. The molecule has 2 rings (SSSR count). The van der Waals surface area contributed by atoms with Crippen LogP contribution in [0.5, 0.6) is 17.2 Å². The topological polar surface area (TPSA) is 137 Å². The Labute approximate surface area is 179 Å². The van der Waals surface area contributed by atoms with Gasteiger partial charge in [-0.25, -0.2) is 0 Å². The van der Waals surface area contributed by atoms with Crippen LogP contribution in [0.25, 0.3) is 6.08 Å². The van der Waals surface area contributed by atoms with Crippen molar-refractivity contribution in [3.8, 4) is 17.2 Å². The Kier molecular flexibility index (Phi) is 7.29. The predicted octanol–water partition coefficient (Wildman–Crippen LogP) is 1.75. The van der Waals surface area contributed by atoms with Crippen molar-refractivity contribution in [1.82, 2.24) is 4.90 Å². The van der Waals surface area contributed by atoms with Crippen LogP contribution in [0.4, 0.5) is 0 Å². The molecule has 0 spiro atoms. The molecule has 1 saturated heterocycles. The lowest BCUT2D eigenvalue weighted by atomic mass is 10.1. The minimum Gasteiger partial charge on any atom is -0.480 e. The number of nitrogens with zero attached hydrogens (tertiary/aromatic N) is 1. The smallest absolute Gasteiger partial charge is 0.323 e. The van der Waals surface area contributed by atoms with Gasteiger partial charge in [-0.05, 0) is 23.8 Å². The molecule has 1 aliphatic rings. The van der Waals surface area contributed by atoms with Crippen molar-refractivity contribution in [3.05, 3.63) is 22.6 Å². The Morgan fingerprint density at radius 2 is 1.53 bits per heavy atom. The first-order valence-corrected chi connectivity index (χ1v) is 9.41. The van der Waals surface area contributed by atoms with E-state index in [-0.39, 0.29) is 32.0 Å². The highest BCUT2D eigenvalue weighted by atomic mass is 32.2. The average molecular weight is 453 g/mol. The van der Waals surface area contributed by atoms with Gasteiger partial charge in [-0.3, -0.25) is 28.9 Å². The van der Waals surface area contributed by atoms with Gasteiger partial charge >= 0.3 is 23.9 Å². The normalized spacial score (nSPS) is 14.6. The van der Waals surface area contributed by atoms with Gasteiger partial charge in [0.15, 0.2) is 11.5 Å². The van der Waals surface area contributed by atoms with Gasteiger partial charge in [0.25, 0.3) is 5.91 Å². The number of thiocarbonyl (C=S) groups is 1. The number of carbonyl (C=O) groups excluding carboxylic acids is 4. The van der Waals surface area contributed by atoms with E-state index in [1.165, 1.54) is 18.2 Å². The van der Waals surface area contributed by atoms with Gasteiger partial charge < -0.3 is 19.3 Å². The molecule has 0 unspecified atom stereocenters. The van der Waals surface area contributed by atoms with Crippen LogP contribution in [0.15, 0.2) is 17.0 Å². The summed E-state index contributed by atoms with van der Waals surface area (Å²) in [5.74, 6) is -4.80. The lowest BCUT2D eigenvalue weighted by Gasteiger charge is -2.14. The molecule has 12 heteroatoms. The Balaban J connectivity index is 2.55. The van der Waals surface area contributed by atoms with Crippen molar-refractivity contribution in [3.63, 3.8) is 0 Å². The van der Waals surface area contributed by atoms with Crippen molar-refractivity contribution in [2.24, 2.45) is 0 Å². The van der Waals surface area contributed by atoms with Gasteiger partial charge in [0.2, 0.25) is 5.75 Å². The fraction of sp³-hybridized carbons (Fsp3) is 0.222. The van der Waals surface area contributed by atoms with Gasteiger partial charge in [0.1, 0.15) is 10.9 Å². The van der Waals surface area contributed by atoms with E-state index >= 15 is 0 Å². The van der Waals surface area contributed by atoms with Gasteiger partial charge in [-0.2, -0.15) is 0 Å². The van der Waals surface area contributed by atoms with Crippen LogP contribution in [0.1, 0.15) is 26.3 Å². The minimum absolute atomic E-state index is 0.0607. The SMILES string of the molecule is CC(=O)Oc1cc(/C=C2\SC(=S)N(CC(=O)O)C2=O)cc(OC(C)=O)c1OC(C)=O. The summed E-state index contributed by atoms with van der Waals surface area (Å²) in [4.78, 5) is 58.7. The second kappa shape index (κ2) is 9.50. The highest BCUT2D eigenvalue weighted by molar-refractivity contribution is 8.26. The van der Waals surface area contributed by atoms with E-state index in [1.54, 1.807) is 0 Å². The first-order chi connectivity index (χ1) is 14.0. The summed E-state index contributed by atoms with van der Waals surface area (Å²) < 4.78 is 15.2. The molecule has 1 aliphatic heterocycles. The van der Waals surface area contributed by atoms with E-state index < -0.39 is 36.3 Å². The van der Waals surface area contributed by atoms with Crippen molar-refractivity contribution in [1.29, 1.82) is 0 Å². The molecule has 1 N–H and O–H groups in total. The summed E-state index contributed by atoms with van der Waals surface area (Å²) in [6.45, 7) is 2.75. The molecule has 0 bridgehead atoms. The Bertz CT molecular complexity index is 962. The monoisotopic (exact) mass is 453 g/mol. The zero-order chi connectivity index (χ0) is 22.6. The van der Waals surface area contributed by atoms with Crippen LogP contribution in [0.3, 0.4) is 0 Å². The third kappa shape index (κ3) is 5.87. The highest BCUT2D eigenvalue weighted by Gasteiger charge is 2.33. The number of esters is 3. The Morgan fingerprint density at radius 1 is 1.03 bits per heavy atom. The molecule has 158 valence electrons. The number of ether oxygens (including phenoxy) is 3. The number of amides is 1. The first kappa shape index (κ1) is 23.0. The van der Waals surface area contributed by atoms with Gasteiger partial charge in [0, 0.05) is 20.8 Å². The Hall–Kier alpha value is -3.25. The van der Waals surface area contributed by atoms with Crippen molar-refractivity contribution < 1.29 is 43.3 Å². The summed E-state index contributed by atoms with van der Waals surface area (Å²) >= 11 is 5.91. The molecule has 30 heavy (non-hydrogen) atoms. The van der Waals surface area contributed by atoms with Crippen molar-refractivity contribution in [2.45, 2.75) is 20.8 Å². The number of rotatable bonds is 6. The molecule has 0 aromatic heterocycles. The highest BCUT2D eigenvalue weighted by Crippen LogP contribution is 2.41. The molecular formula is C18H15NO9S2. The zero-order valence-electron chi connectivity index (χ0n) is 15.9. The maximum Gasteiger partial charge on any atom is 0.323 e. The van der Waals surface area contributed by atoms with Crippen LogP contribution in [-0.2, 0) is 24.0 Å². The molecule has 0 saturated carbocycles. The average Bonchev–Trinajstić information content (AvgIpc) is 2.83. The van der Waals surface area contributed by atoms with E-state index in [2.05, 4.69) is 0 Å². The lowest BCUT2D eigenvalue weighted by molar-refractivity contribution is -0.140.